The van der Waals surface area contributed by atoms with Gasteiger partial charge in [-0.2, -0.15) is 4.39 Å². The number of aromatic carboxylic acids is 1. The monoisotopic (exact) mass is 285 g/mol. The Kier molecular flexibility index (Phi) is 3.17. The number of ether oxygens (including phenoxy) is 1. The van der Waals surface area contributed by atoms with Gasteiger partial charge in [0.05, 0.1) is 5.56 Å². The molecule has 0 saturated heterocycles. The summed E-state index contributed by atoms with van der Waals surface area (Å²) in [6, 6.07) is 7.58. The quantitative estimate of drug-likeness (QED) is 0.861. The van der Waals surface area contributed by atoms with Crippen LogP contribution in [-0.4, -0.2) is 22.2 Å². The summed E-state index contributed by atoms with van der Waals surface area (Å²) < 4.78 is 18.6. The van der Waals surface area contributed by atoms with Crippen molar-refractivity contribution in [3.8, 4) is 5.75 Å². The smallest absolute Gasteiger partial charge is 0.335 e. The minimum atomic E-state index is -1.01. The molecule has 0 spiro atoms. The number of halogens is 1. The summed E-state index contributed by atoms with van der Waals surface area (Å²) in [5, 5.41) is 9.11. The van der Waals surface area contributed by atoms with Gasteiger partial charge in [0.15, 0.2) is 0 Å². The van der Waals surface area contributed by atoms with Crippen molar-refractivity contribution >= 4 is 11.5 Å². The van der Waals surface area contributed by atoms with E-state index in [1.807, 2.05) is 13.0 Å². The molecule has 21 heavy (non-hydrogen) atoms. The number of hydrogen-bond donors (Lipinski definition) is 1. The maximum Gasteiger partial charge on any atom is 0.335 e. The summed E-state index contributed by atoms with van der Waals surface area (Å²) in [5.74, 6) is -0.957. The van der Waals surface area contributed by atoms with Crippen LogP contribution in [0.5, 0.6) is 5.75 Å². The van der Waals surface area contributed by atoms with E-state index in [4.69, 9.17) is 9.84 Å². The maximum absolute atomic E-state index is 13.0. The predicted octanol–water partition coefficient (Wildman–Crippen LogP) is 3.13. The van der Waals surface area contributed by atoms with Gasteiger partial charge in [0, 0.05) is 17.3 Å². The predicted molar refractivity (Wildman–Crippen MR) is 74.8 cm³/mol. The molecule has 5 heteroatoms. The van der Waals surface area contributed by atoms with Gasteiger partial charge in [0.25, 0.3) is 0 Å². The van der Waals surface area contributed by atoms with E-state index in [0.717, 1.165) is 11.1 Å². The molecule has 0 amide bonds. The van der Waals surface area contributed by atoms with Crippen molar-refractivity contribution in [2.24, 2.45) is 0 Å². The van der Waals surface area contributed by atoms with E-state index >= 15 is 0 Å². The van der Waals surface area contributed by atoms with Crippen molar-refractivity contribution in [3.05, 3.63) is 65.2 Å². The molecule has 2 heterocycles. The van der Waals surface area contributed by atoms with Crippen LogP contribution in [0.2, 0.25) is 0 Å². The molecule has 4 nitrogen and oxygen atoms in total. The van der Waals surface area contributed by atoms with Gasteiger partial charge in [0.1, 0.15) is 11.9 Å². The molecule has 3 rings (SSSR count). The van der Waals surface area contributed by atoms with Gasteiger partial charge in [-0.3, -0.25) is 0 Å². The summed E-state index contributed by atoms with van der Waals surface area (Å²) in [7, 11) is 0. The van der Waals surface area contributed by atoms with E-state index < -0.39 is 11.9 Å². The molecule has 0 fully saturated rings. The van der Waals surface area contributed by atoms with Crippen LogP contribution in [0.3, 0.4) is 0 Å². The van der Waals surface area contributed by atoms with Crippen molar-refractivity contribution < 1.29 is 19.0 Å². The standard InChI is InChI=1S/C16H12FNO3/c1-9-6-12(11-3-5-15(17)18-8-11)13-7-10(16(19)20)2-4-14(13)21-9/h2-9H,1H3,(H,19,20). The van der Waals surface area contributed by atoms with Crippen LogP contribution in [0.1, 0.15) is 28.4 Å². The molecule has 1 aliphatic rings. The number of carboxylic acids is 1. The first kappa shape index (κ1) is 13.3. The van der Waals surface area contributed by atoms with E-state index in [1.165, 1.54) is 18.3 Å². The second-order valence-electron chi connectivity index (χ2n) is 4.79. The highest BCUT2D eigenvalue weighted by atomic mass is 19.1. The molecule has 1 N–H and O–H groups in total. The Morgan fingerprint density at radius 1 is 1.33 bits per heavy atom. The summed E-state index contributed by atoms with van der Waals surface area (Å²) in [5.41, 5.74) is 2.35. The lowest BCUT2D eigenvalue weighted by atomic mass is 9.93. The van der Waals surface area contributed by atoms with Crippen LogP contribution in [0, 0.1) is 5.95 Å². The van der Waals surface area contributed by atoms with Crippen molar-refractivity contribution in [2.75, 3.05) is 0 Å². The maximum atomic E-state index is 13.0. The summed E-state index contributed by atoms with van der Waals surface area (Å²) >= 11 is 0. The fourth-order valence-corrected chi connectivity index (χ4v) is 2.32. The van der Waals surface area contributed by atoms with Crippen molar-refractivity contribution in [3.63, 3.8) is 0 Å². The average Bonchev–Trinajstić information content (AvgIpc) is 2.46. The van der Waals surface area contributed by atoms with Gasteiger partial charge in [-0.25, -0.2) is 9.78 Å². The fourth-order valence-electron chi connectivity index (χ4n) is 2.32. The molecule has 106 valence electrons. The van der Waals surface area contributed by atoms with E-state index in [2.05, 4.69) is 4.98 Å². The SMILES string of the molecule is CC1C=C(c2ccc(F)nc2)c2cc(C(=O)O)ccc2O1. The Hall–Kier alpha value is -2.69. The van der Waals surface area contributed by atoms with E-state index in [9.17, 15) is 9.18 Å². The normalized spacial score (nSPS) is 16.7. The third kappa shape index (κ3) is 2.50. The summed E-state index contributed by atoms with van der Waals surface area (Å²) in [6.45, 7) is 1.88. The highest BCUT2D eigenvalue weighted by molar-refractivity contribution is 5.92. The third-order valence-corrected chi connectivity index (χ3v) is 3.27. The molecule has 1 aromatic carbocycles. The number of hydrogen-bond acceptors (Lipinski definition) is 3. The van der Waals surface area contributed by atoms with E-state index in [-0.39, 0.29) is 11.7 Å². The number of carboxylic acid groups (broad SMARTS) is 1. The van der Waals surface area contributed by atoms with Crippen molar-refractivity contribution in [1.82, 2.24) is 4.98 Å². The number of aromatic nitrogens is 1. The van der Waals surface area contributed by atoms with Crippen molar-refractivity contribution in [1.29, 1.82) is 0 Å². The molecule has 0 radical (unpaired) electrons. The largest absolute Gasteiger partial charge is 0.486 e. The van der Waals surface area contributed by atoms with Gasteiger partial charge < -0.3 is 9.84 Å². The number of pyridine rings is 1. The van der Waals surface area contributed by atoms with Crippen molar-refractivity contribution in [2.45, 2.75) is 13.0 Å². The van der Waals surface area contributed by atoms with Gasteiger partial charge >= 0.3 is 5.97 Å². The first-order chi connectivity index (χ1) is 10.0. The Bertz CT molecular complexity index is 738. The zero-order valence-corrected chi connectivity index (χ0v) is 11.2. The molecule has 0 saturated carbocycles. The number of carbonyl (C=O) groups is 1. The second kappa shape index (κ2) is 5.01. The lowest BCUT2D eigenvalue weighted by molar-refractivity contribution is 0.0697. The lowest BCUT2D eigenvalue weighted by Crippen LogP contribution is -2.16. The van der Waals surface area contributed by atoms with Gasteiger partial charge in [0.2, 0.25) is 5.95 Å². The molecular weight excluding hydrogens is 273 g/mol. The number of benzene rings is 1. The molecule has 2 aromatic rings. The number of nitrogens with zero attached hydrogens (tertiary/aromatic N) is 1. The molecular formula is C16H12FNO3. The molecule has 1 unspecified atom stereocenters. The van der Waals surface area contributed by atoms with E-state index in [1.54, 1.807) is 18.2 Å². The second-order valence-corrected chi connectivity index (χ2v) is 4.79. The van der Waals surface area contributed by atoms with E-state index in [0.29, 0.717) is 11.3 Å². The Labute approximate surface area is 120 Å². The number of rotatable bonds is 2. The van der Waals surface area contributed by atoms with Crippen LogP contribution in [-0.2, 0) is 0 Å². The number of fused-ring (bicyclic) bond motifs is 1. The topological polar surface area (TPSA) is 59.4 Å². The summed E-state index contributed by atoms with van der Waals surface area (Å²) in [6.07, 6.45) is 3.13. The third-order valence-electron chi connectivity index (χ3n) is 3.27. The van der Waals surface area contributed by atoms with Gasteiger partial charge in [-0.1, -0.05) is 0 Å². The van der Waals surface area contributed by atoms with Gasteiger partial charge in [-0.15, -0.1) is 0 Å². The van der Waals surface area contributed by atoms with Crippen LogP contribution >= 0.6 is 0 Å². The fraction of sp³-hybridized carbons (Fsp3) is 0.125. The Morgan fingerprint density at radius 3 is 2.81 bits per heavy atom. The first-order valence-corrected chi connectivity index (χ1v) is 6.43. The minimum Gasteiger partial charge on any atom is -0.486 e. The van der Waals surface area contributed by atoms with Gasteiger partial charge in [-0.05, 0) is 48.9 Å². The zero-order valence-electron chi connectivity index (χ0n) is 11.2. The highest BCUT2D eigenvalue weighted by Gasteiger charge is 2.21. The molecule has 1 aromatic heterocycles. The molecule has 0 aliphatic carbocycles. The summed E-state index contributed by atoms with van der Waals surface area (Å²) in [4.78, 5) is 14.8. The minimum absolute atomic E-state index is 0.159. The molecule has 1 aliphatic heterocycles. The average molecular weight is 285 g/mol. The lowest BCUT2D eigenvalue weighted by Gasteiger charge is -2.23. The van der Waals surface area contributed by atoms with Crippen LogP contribution < -0.4 is 4.74 Å². The highest BCUT2D eigenvalue weighted by Crippen LogP contribution is 2.36. The first-order valence-electron chi connectivity index (χ1n) is 6.43. The van der Waals surface area contributed by atoms with Crippen LogP contribution in [0.25, 0.3) is 5.57 Å². The van der Waals surface area contributed by atoms with Crippen LogP contribution in [0.4, 0.5) is 4.39 Å². The Morgan fingerprint density at radius 2 is 2.14 bits per heavy atom. The zero-order chi connectivity index (χ0) is 15.0. The Balaban J connectivity index is 2.14. The van der Waals surface area contributed by atoms with Crippen LogP contribution in [0.15, 0.2) is 42.6 Å². The molecule has 0 bridgehead atoms. The molecule has 1 atom stereocenters.